The highest BCUT2D eigenvalue weighted by Crippen LogP contribution is 2.19. The van der Waals surface area contributed by atoms with Crippen LogP contribution in [0.4, 0.5) is 0 Å². The normalized spacial score (nSPS) is 13.5. The molecule has 0 aliphatic carbocycles. The molecular weight excluding hydrogens is 188 g/mol. The van der Waals surface area contributed by atoms with Crippen LogP contribution in [0.15, 0.2) is 0 Å². The van der Waals surface area contributed by atoms with E-state index in [1.54, 1.807) is 0 Å². The molecule has 0 spiro atoms. The van der Waals surface area contributed by atoms with Crippen LogP contribution >= 0.6 is 0 Å². The van der Waals surface area contributed by atoms with E-state index in [2.05, 4.69) is 30.9 Å². The minimum absolute atomic E-state index is 0.347. The predicted molar refractivity (Wildman–Crippen MR) is 61.8 cm³/mol. The molecule has 1 aromatic heterocycles. The molecule has 0 amide bonds. The molecule has 0 radical (unpaired) electrons. The van der Waals surface area contributed by atoms with E-state index < -0.39 is 0 Å². The van der Waals surface area contributed by atoms with Gasteiger partial charge in [0.15, 0.2) is 5.82 Å². The Morgan fingerprint density at radius 2 is 2.07 bits per heavy atom. The zero-order valence-electron chi connectivity index (χ0n) is 10.2. The molecule has 0 aliphatic heterocycles. The highest BCUT2D eigenvalue weighted by Gasteiger charge is 2.17. The van der Waals surface area contributed by atoms with Gasteiger partial charge in [-0.2, -0.15) is 5.10 Å². The van der Waals surface area contributed by atoms with Gasteiger partial charge in [-0.05, 0) is 6.42 Å². The Kier molecular flexibility index (Phi) is 4.27. The smallest absolute Gasteiger partial charge is 0.153 e. The molecule has 1 heterocycles. The van der Waals surface area contributed by atoms with Gasteiger partial charge in [0.1, 0.15) is 5.82 Å². The number of nitrogens with zero attached hydrogens (tertiary/aromatic N) is 3. The van der Waals surface area contributed by atoms with E-state index >= 15 is 0 Å². The van der Waals surface area contributed by atoms with Crippen molar-refractivity contribution in [2.24, 2.45) is 12.8 Å². The number of nitrogens with two attached hydrogens (primary N) is 1. The van der Waals surface area contributed by atoms with Gasteiger partial charge in [-0.15, -0.1) is 0 Å². The lowest BCUT2D eigenvalue weighted by Crippen LogP contribution is -2.16. The Balaban J connectivity index is 2.91. The maximum atomic E-state index is 5.76. The Bertz CT molecular complexity index is 304. The summed E-state index contributed by atoms with van der Waals surface area (Å²) in [6.07, 6.45) is 2.21. The summed E-state index contributed by atoms with van der Waals surface area (Å²) in [6.45, 7) is 7.03. The minimum atomic E-state index is 0.347. The zero-order valence-corrected chi connectivity index (χ0v) is 10.2. The van der Waals surface area contributed by atoms with E-state index in [-0.39, 0.29) is 0 Å². The third-order valence-electron chi connectivity index (χ3n) is 2.62. The molecule has 2 N–H and O–H groups in total. The second kappa shape index (κ2) is 5.26. The van der Waals surface area contributed by atoms with Gasteiger partial charge in [-0.1, -0.05) is 27.2 Å². The van der Waals surface area contributed by atoms with E-state index in [4.69, 9.17) is 5.73 Å². The maximum absolute atomic E-state index is 5.76. The molecule has 86 valence electrons. The van der Waals surface area contributed by atoms with Crippen molar-refractivity contribution in [2.45, 2.75) is 45.4 Å². The monoisotopic (exact) mass is 210 g/mol. The largest absolute Gasteiger partial charge is 0.330 e. The number of aryl methyl sites for hydroxylation is 1. The van der Waals surface area contributed by atoms with E-state index in [9.17, 15) is 0 Å². The summed E-state index contributed by atoms with van der Waals surface area (Å²) in [7, 11) is 1.95. The molecule has 0 fully saturated rings. The van der Waals surface area contributed by atoms with Crippen LogP contribution in [0.25, 0.3) is 0 Å². The van der Waals surface area contributed by atoms with Gasteiger partial charge >= 0.3 is 0 Å². The predicted octanol–water partition coefficient (Wildman–Crippen LogP) is 1.78. The van der Waals surface area contributed by atoms with Crippen LogP contribution in [0.5, 0.6) is 0 Å². The first-order valence-electron chi connectivity index (χ1n) is 5.71. The topological polar surface area (TPSA) is 56.7 Å². The summed E-state index contributed by atoms with van der Waals surface area (Å²) in [4.78, 5) is 4.57. The summed E-state index contributed by atoms with van der Waals surface area (Å²) < 4.78 is 1.88. The molecule has 0 saturated heterocycles. The fourth-order valence-corrected chi connectivity index (χ4v) is 1.72. The molecule has 1 rings (SSSR count). The summed E-state index contributed by atoms with van der Waals surface area (Å²) in [5.74, 6) is 2.68. The van der Waals surface area contributed by atoms with Gasteiger partial charge in [0.05, 0.1) is 0 Å². The van der Waals surface area contributed by atoms with Gasteiger partial charge in [-0.25, -0.2) is 4.98 Å². The lowest BCUT2D eigenvalue weighted by molar-refractivity contribution is 0.551. The van der Waals surface area contributed by atoms with Gasteiger partial charge in [0, 0.05) is 25.4 Å². The van der Waals surface area contributed by atoms with Crippen molar-refractivity contribution in [1.82, 2.24) is 14.8 Å². The molecule has 4 heteroatoms. The van der Waals surface area contributed by atoms with Crippen LogP contribution in [0, 0.1) is 0 Å². The molecule has 1 aromatic rings. The van der Waals surface area contributed by atoms with Crippen molar-refractivity contribution in [2.75, 3.05) is 6.54 Å². The SMILES string of the molecule is CCCC(CN)c1nc(C(C)C)nn1C. The van der Waals surface area contributed by atoms with Crippen LogP contribution in [0.2, 0.25) is 0 Å². The quantitative estimate of drug-likeness (QED) is 0.806. The molecule has 0 saturated carbocycles. The van der Waals surface area contributed by atoms with Crippen molar-refractivity contribution in [3.63, 3.8) is 0 Å². The van der Waals surface area contributed by atoms with Gasteiger partial charge in [-0.3, -0.25) is 4.68 Å². The Morgan fingerprint density at radius 1 is 1.40 bits per heavy atom. The standard InChI is InChI=1S/C11H22N4/c1-5-6-9(7-12)11-13-10(8(2)3)14-15(11)4/h8-9H,5-7,12H2,1-4H3. The van der Waals surface area contributed by atoms with Gasteiger partial charge in [0.2, 0.25) is 0 Å². The lowest BCUT2D eigenvalue weighted by atomic mass is 10.0. The lowest BCUT2D eigenvalue weighted by Gasteiger charge is -2.11. The number of hydrogen-bond donors (Lipinski definition) is 1. The van der Waals surface area contributed by atoms with Crippen LogP contribution in [0.1, 0.15) is 57.1 Å². The van der Waals surface area contributed by atoms with E-state index in [0.717, 1.165) is 24.5 Å². The van der Waals surface area contributed by atoms with Crippen molar-refractivity contribution in [3.8, 4) is 0 Å². The molecule has 0 aromatic carbocycles. The van der Waals surface area contributed by atoms with Crippen molar-refractivity contribution >= 4 is 0 Å². The van der Waals surface area contributed by atoms with Gasteiger partial charge in [0.25, 0.3) is 0 Å². The van der Waals surface area contributed by atoms with E-state index in [0.29, 0.717) is 18.4 Å². The van der Waals surface area contributed by atoms with Crippen LogP contribution in [-0.2, 0) is 7.05 Å². The highest BCUT2D eigenvalue weighted by molar-refractivity contribution is 5.02. The third-order valence-corrected chi connectivity index (χ3v) is 2.62. The van der Waals surface area contributed by atoms with Crippen LogP contribution in [-0.4, -0.2) is 21.3 Å². The van der Waals surface area contributed by atoms with Crippen molar-refractivity contribution < 1.29 is 0 Å². The molecule has 0 bridgehead atoms. The molecule has 0 aliphatic rings. The fraction of sp³-hybridized carbons (Fsp3) is 0.818. The molecule has 1 atom stereocenters. The van der Waals surface area contributed by atoms with Crippen molar-refractivity contribution in [1.29, 1.82) is 0 Å². The summed E-state index contributed by atoms with van der Waals surface area (Å²) in [5, 5.41) is 4.41. The average Bonchev–Trinajstić information content (AvgIpc) is 2.57. The second-order valence-corrected chi connectivity index (χ2v) is 4.33. The molecule has 1 unspecified atom stereocenters. The second-order valence-electron chi connectivity index (χ2n) is 4.33. The van der Waals surface area contributed by atoms with Crippen LogP contribution < -0.4 is 5.73 Å². The Morgan fingerprint density at radius 3 is 2.47 bits per heavy atom. The van der Waals surface area contributed by atoms with Crippen molar-refractivity contribution in [3.05, 3.63) is 11.6 Å². The first kappa shape index (κ1) is 12.2. The summed E-state index contributed by atoms with van der Waals surface area (Å²) in [6, 6.07) is 0. The molecular formula is C11H22N4. The number of hydrogen-bond acceptors (Lipinski definition) is 3. The first-order chi connectivity index (χ1) is 7.10. The molecule has 4 nitrogen and oxygen atoms in total. The van der Waals surface area contributed by atoms with E-state index in [1.807, 2.05) is 11.7 Å². The average molecular weight is 210 g/mol. The van der Waals surface area contributed by atoms with Crippen LogP contribution in [0.3, 0.4) is 0 Å². The fourth-order valence-electron chi connectivity index (χ4n) is 1.72. The summed E-state index contributed by atoms with van der Waals surface area (Å²) in [5.41, 5.74) is 5.76. The maximum Gasteiger partial charge on any atom is 0.153 e. The third kappa shape index (κ3) is 2.78. The Hall–Kier alpha value is -0.900. The number of rotatable bonds is 5. The number of aromatic nitrogens is 3. The minimum Gasteiger partial charge on any atom is -0.330 e. The Labute approximate surface area is 91.9 Å². The van der Waals surface area contributed by atoms with E-state index in [1.165, 1.54) is 0 Å². The zero-order chi connectivity index (χ0) is 11.4. The molecule has 15 heavy (non-hydrogen) atoms. The summed E-state index contributed by atoms with van der Waals surface area (Å²) >= 11 is 0. The first-order valence-corrected chi connectivity index (χ1v) is 5.71. The highest BCUT2D eigenvalue weighted by atomic mass is 15.3. The van der Waals surface area contributed by atoms with Gasteiger partial charge < -0.3 is 5.73 Å².